The highest BCUT2D eigenvalue weighted by atomic mass is 79.9. The zero-order valence-electron chi connectivity index (χ0n) is 7.17. The van der Waals surface area contributed by atoms with Crippen molar-refractivity contribution in [3.8, 4) is 0 Å². The van der Waals surface area contributed by atoms with E-state index in [9.17, 15) is 0 Å². The van der Waals surface area contributed by atoms with Gasteiger partial charge in [-0.15, -0.1) is 12.4 Å². The maximum atomic E-state index is 5.60. The molecule has 0 saturated carbocycles. The molecule has 0 unspecified atom stereocenters. The molecule has 0 amide bonds. The molecule has 1 aromatic carbocycles. The van der Waals surface area contributed by atoms with Crippen LogP contribution in [0.15, 0.2) is 22.7 Å². The minimum Gasteiger partial charge on any atom is -0.399 e. The number of benzene rings is 1. The van der Waals surface area contributed by atoms with Gasteiger partial charge in [-0.2, -0.15) is 0 Å². The molecule has 0 atom stereocenters. The van der Waals surface area contributed by atoms with Crippen molar-refractivity contribution in [3.63, 3.8) is 0 Å². The van der Waals surface area contributed by atoms with E-state index in [0.29, 0.717) is 5.92 Å². The van der Waals surface area contributed by atoms with Crippen LogP contribution in [0.3, 0.4) is 0 Å². The van der Waals surface area contributed by atoms with Gasteiger partial charge in [0.2, 0.25) is 0 Å². The molecule has 0 aliphatic carbocycles. The van der Waals surface area contributed by atoms with Crippen LogP contribution in [0.25, 0.3) is 0 Å². The number of rotatable bonds is 1. The molecule has 0 aliphatic rings. The van der Waals surface area contributed by atoms with Gasteiger partial charge in [0.1, 0.15) is 0 Å². The fraction of sp³-hybridized carbons (Fsp3) is 0.333. The Hall–Kier alpha value is -0.210. The first kappa shape index (κ1) is 11.8. The average molecular weight is 251 g/mol. The first-order valence-electron chi connectivity index (χ1n) is 3.66. The normalized spacial score (nSPS) is 9.67. The molecule has 1 nitrogen and oxygen atoms in total. The largest absolute Gasteiger partial charge is 0.399 e. The van der Waals surface area contributed by atoms with Crippen molar-refractivity contribution in [2.24, 2.45) is 0 Å². The first-order chi connectivity index (χ1) is 5.11. The quantitative estimate of drug-likeness (QED) is 0.758. The Morgan fingerprint density at radius 1 is 1.33 bits per heavy atom. The highest BCUT2D eigenvalue weighted by Gasteiger charge is 2.03. The molecule has 2 N–H and O–H groups in total. The number of nitrogens with two attached hydrogens (primary N) is 1. The van der Waals surface area contributed by atoms with Gasteiger partial charge >= 0.3 is 0 Å². The van der Waals surface area contributed by atoms with E-state index in [0.717, 1.165) is 10.2 Å². The van der Waals surface area contributed by atoms with E-state index in [2.05, 4.69) is 35.8 Å². The standard InChI is InChI=1S/C9H12BrN.ClH/c1-6(2)8-4-3-7(11)5-9(8)10;/h3-6H,11H2,1-2H3;1H. The van der Waals surface area contributed by atoms with Crippen LogP contribution in [-0.4, -0.2) is 0 Å². The lowest BCUT2D eigenvalue weighted by atomic mass is 10.0. The summed E-state index contributed by atoms with van der Waals surface area (Å²) in [6.07, 6.45) is 0. The molecule has 0 aliphatic heterocycles. The van der Waals surface area contributed by atoms with Crippen LogP contribution in [-0.2, 0) is 0 Å². The summed E-state index contributed by atoms with van der Waals surface area (Å²) in [7, 11) is 0. The van der Waals surface area contributed by atoms with E-state index in [4.69, 9.17) is 5.73 Å². The summed E-state index contributed by atoms with van der Waals surface area (Å²) in [4.78, 5) is 0. The summed E-state index contributed by atoms with van der Waals surface area (Å²) in [5.41, 5.74) is 7.71. The van der Waals surface area contributed by atoms with E-state index in [1.165, 1.54) is 5.56 Å². The molecular weight excluding hydrogens is 237 g/mol. The van der Waals surface area contributed by atoms with Crippen molar-refractivity contribution < 1.29 is 0 Å². The molecule has 12 heavy (non-hydrogen) atoms. The Morgan fingerprint density at radius 3 is 2.33 bits per heavy atom. The van der Waals surface area contributed by atoms with Crippen LogP contribution in [0.4, 0.5) is 5.69 Å². The molecule has 68 valence electrons. The summed E-state index contributed by atoms with van der Waals surface area (Å²) in [5.74, 6) is 0.546. The number of nitrogen functional groups attached to an aromatic ring is 1. The van der Waals surface area contributed by atoms with Crippen molar-refractivity contribution in [1.29, 1.82) is 0 Å². The van der Waals surface area contributed by atoms with Crippen molar-refractivity contribution in [3.05, 3.63) is 28.2 Å². The molecule has 0 saturated heterocycles. The first-order valence-corrected chi connectivity index (χ1v) is 4.45. The SMILES string of the molecule is CC(C)c1ccc(N)cc1Br.Cl. The summed E-state index contributed by atoms with van der Waals surface area (Å²) >= 11 is 3.47. The van der Waals surface area contributed by atoms with Crippen molar-refractivity contribution in [1.82, 2.24) is 0 Å². The third kappa shape index (κ3) is 2.68. The topological polar surface area (TPSA) is 26.0 Å². The minimum absolute atomic E-state index is 0. The maximum Gasteiger partial charge on any atom is 0.0325 e. The Labute approximate surface area is 87.9 Å². The summed E-state index contributed by atoms with van der Waals surface area (Å²) < 4.78 is 1.10. The van der Waals surface area contributed by atoms with Gasteiger partial charge in [0, 0.05) is 10.2 Å². The average Bonchev–Trinajstić information content (AvgIpc) is 1.85. The van der Waals surface area contributed by atoms with Crippen LogP contribution >= 0.6 is 28.3 Å². The fourth-order valence-corrected chi connectivity index (χ4v) is 1.87. The van der Waals surface area contributed by atoms with Gasteiger partial charge in [0.25, 0.3) is 0 Å². The zero-order valence-corrected chi connectivity index (χ0v) is 9.58. The van der Waals surface area contributed by atoms with Crippen molar-refractivity contribution in [2.45, 2.75) is 19.8 Å². The molecule has 0 aromatic heterocycles. The van der Waals surface area contributed by atoms with Crippen LogP contribution in [0, 0.1) is 0 Å². The van der Waals surface area contributed by atoms with Crippen LogP contribution in [0.2, 0.25) is 0 Å². The van der Waals surface area contributed by atoms with Gasteiger partial charge in [0.05, 0.1) is 0 Å². The lowest BCUT2D eigenvalue weighted by molar-refractivity contribution is 0.861. The highest BCUT2D eigenvalue weighted by Crippen LogP contribution is 2.26. The number of hydrogen-bond acceptors (Lipinski definition) is 1. The van der Waals surface area contributed by atoms with Crippen LogP contribution < -0.4 is 5.73 Å². The molecule has 0 radical (unpaired) electrons. The van der Waals surface area contributed by atoms with Crippen molar-refractivity contribution in [2.75, 3.05) is 5.73 Å². The van der Waals surface area contributed by atoms with E-state index in [1.807, 2.05) is 12.1 Å². The minimum atomic E-state index is 0. The van der Waals surface area contributed by atoms with Crippen LogP contribution in [0.5, 0.6) is 0 Å². The highest BCUT2D eigenvalue weighted by molar-refractivity contribution is 9.10. The van der Waals surface area contributed by atoms with Gasteiger partial charge in [0.15, 0.2) is 0 Å². The van der Waals surface area contributed by atoms with Gasteiger partial charge < -0.3 is 5.73 Å². The van der Waals surface area contributed by atoms with Gasteiger partial charge in [-0.1, -0.05) is 35.8 Å². The van der Waals surface area contributed by atoms with Crippen LogP contribution in [0.1, 0.15) is 25.3 Å². The predicted octanol–water partition coefficient (Wildman–Crippen LogP) is 3.58. The number of halogens is 2. The second-order valence-corrected chi connectivity index (χ2v) is 3.79. The summed E-state index contributed by atoms with van der Waals surface area (Å²) in [6.45, 7) is 4.33. The monoisotopic (exact) mass is 249 g/mol. The van der Waals surface area contributed by atoms with E-state index < -0.39 is 0 Å². The molecule has 0 fully saturated rings. The fourth-order valence-electron chi connectivity index (χ4n) is 1.01. The Balaban J connectivity index is 0.00000121. The number of hydrogen-bond donors (Lipinski definition) is 1. The van der Waals surface area contributed by atoms with E-state index in [1.54, 1.807) is 0 Å². The molecule has 1 aromatic rings. The van der Waals surface area contributed by atoms with Crippen molar-refractivity contribution >= 4 is 34.0 Å². The lowest BCUT2D eigenvalue weighted by Crippen LogP contribution is -1.91. The lowest BCUT2D eigenvalue weighted by Gasteiger charge is -2.07. The maximum absolute atomic E-state index is 5.60. The van der Waals surface area contributed by atoms with E-state index >= 15 is 0 Å². The summed E-state index contributed by atoms with van der Waals surface area (Å²) in [5, 5.41) is 0. The third-order valence-electron chi connectivity index (χ3n) is 1.65. The second-order valence-electron chi connectivity index (χ2n) is 2.94. The third-order valence-corrected chi connectivity index (χ3v) is 2.33. The molecule has 1 rings (SSSR count). The van der Waals surface area contributed by atoms with Gasteiger partial charge in [-0.25, -0.2) is 0 Å². The number of anilines is 1. The Kier molecular flexibility index (Phi) is 4.64. The molecule has 3 heteroatoms. The Morgan fingerprint density at radius 2 is 1.92 bits per heavy atom. The van der Waals surface area contributed by atoms with Gasteiger partial charge in [-0.3, -0.25) is 0 Å². The molecule has 0 bridgehead atoms. The second kappa shape index (κ2) is 4.73. The Bertz CT molecular complexity index is 261. The smallest absolute Gasteiger partial charge is 0.0325 e. The zero-order chi connectivity index (χ0) is 8.43. The molecule has 0 heterocycles. The predicted molar refractivity (Wildman–Crippen MR) is 59.9 cm³/mol. The van der Waals surface area contributed by atoms with E-state index in [-0.39, 0.29) is 12.4 Å². The summed E-state index contributed by atoms with van der Waals surface area (Å²) in [6, 6.07) is 5.93. The molecular formula is C9H13BrClN. The molecule has 0 spiro atoms. The van der Waals surface area contributed by atoms with Gasteiger partial charge in [-0.05, 0) is 23.6 Å².